The highest BCUT2D eigenvalue weighted by atomic mass is 19.1. The SMILES string of the molecule is COCc1nccc([C@@H]2CCCN(C(=O)Cc3cccc(F)c3)C2)n1. The summed E-state index contributed by atoms with van der Waals surface area (Å²) < 4.78 is 18.4. The molecule has 1 saturated heterocycles. The zero-order valence-corrected chi connectivity index (χ0v) is 14.3. The number of nitrogens with zero attached hydrogens (tertiary/aromatic N) is 3. The second-order valence-electron chi connectivity index (χ2n) is 6.32. The van der Waals surface area contributed by atoms with Crippen LogP contribution in [0.15, 0.2) is 36.5 Å². The molecule has 6 heteroatoms. The Hall–Kier alpha value is -2.34. The van der Waals surface area contributed by atoms with Gasteiger partial charge in [0.1, 0.15) is 12.4 Å². The fourth-order valence-electron chi connectivity index (χ4n) is 3.22. The van der Waals surface area contributed by atoms with E-state index < -0.39 is 0 Å². The molecule has 1 atom stereocenters. The molecule has 5 nitrogen and oxygen atoms in total. The van der Waals surface area contributed by atoms with Crippen molar-refractivity contribution >= 4 is 5.91 Å². The van der Waals surface area contributed by atoms with E-state index >= 15 is 0 Å². The third-order valence-corrected chi connectivity index (χ3v) is 4.44. The Morgan fingerprint density at radius 3 is 3.08 bits per heavy atom. The first kappa shape index (κ1) is 17.5. The molecule has 132 valence electrons. The van der Waals surface area contributed by atoms with Crippen molar-refractivity contribution in [1.29, 1.82) is 0 Å². The molecule has 2 aromatic rings. The molecule has 0 spiro atoms. The standard InChI is InChI=1S/C19H22FN3O2/c1-25-13-18-21-8-7-17(22-18)15-5-3-9-23(12-15)19(24)11-14-4-2-6-16(20)10-14/h2,4,6-8,10,15H,3,5,9,11-13H2,1H3/t15-/m1/s1. The normalized spacial score (nSPS) is 17.5. The molecule has 0 N–H and O–H groups in total. The molecule has 1 aromatic carbocycles. The highest BCUT2D eigenvalue weighted by molar-refractivity contribution is 5.79. The lowest BCUT2D eigenvalue weighted by atomic mass is 9.94. The molecule has 1 aromatic heterocycles. The predicted octanol–water partition coefficient (Wildman–Crippen LogP) is 2.71. The van der Waals surface area contributed by atoms with Crippen LogP contribution in [0, 0.1) is 5.82 Å². The maximum atomic E-state index is 13.3. The average molecular weight is 343 g/mol. The van der Waals surface area contributed by atoms with Gasteiger partial charge in [0.2, 0.25) is 5.91 Å². The van der Waals surface area contributed by atoms with Gasteiger partial charge in [-0.2, -0.15) is 0 Å². The molecular weight excluding hydrogens is 321 g/mol. The van der Waals surface area contributed by atoms with Crippen molar-refractivity contribution in [3.63, 3.8) is 0 Å². The minimum Gasteiger partial charge on any atom is -0.377 e. The first-order valence-corrected chi connectivity index (χ1v) is 8.48. The molecule has 3 rings (SSSR count). The van der Waals surface area contributed by atoms with Gasteiger partial charge in [0.15, 0.2) is 5.82 Å². The monoisotopic (exact) mass is 343 g/mol. The van der Waals surface area contributed by atoms with Gasteiger partial charge in [-0.3, -0.25) is 4.79 Å². The predicted molar refractivity (Wildman–Crippen MR) is 91.4 cm³/mol. The molecular formula is C19H22FN3O2. The number of methoxy groups -OCH3 is 1. The number of carbonyl (C=O) groups is 1. The fraction of sp³-hybridized carbons (Fsp3) is 0.421. The van der Waals surface area contributed by atoms with E-state index in [0.717, 1.165) is 25.1 Å². The number of hydrogen-bond acceptors (Lipinski definition) is 4. The van der Waals surface area contributed by atoms with Crippen LogP contribution in [0.1, 0.15) is 35.8 Å². The van der Waals surface area contributed by atoms with Crippen molar-refractivity contribution in [3.8, 4) is 0 Å². The van der Waals surface area contributed by atoms with Crippen molar-refractivity contribution in [1.82, 2.24) is 14.9 Å². The van der Waals surface area contributed by atoms with Crippen LogP contribution in [-0.2, 0) is 22.6 Å². The number of piperidine rings is 1. The van der Waals surface area contributed by atoms with Crippen LogP contribution in [0.25, 0.3) is 0 Å². The van der Waals surface area contributed by atoms with E-state index in [1.807, 2.05) is 11.0 Å². The van der Waals surface area contributed by atoms with Crippen LogP contribution >= 0.6 is 0 Å². The third-order valence-electron chi connectivity index (χ3n) is 4.44. The summed E-state index contributed by atoms with van der Waals surface area (Å²) in [5, 5.41) is 0. The molecule has 1 aliphatic rings. The molecule has 1 aliphatic heterocycles. The Labute approximate surface area is 146 Å². The van der Waals surface area contributed by atoms with Crippen LogP contribution in [0.2, 0.25) is 0 Å². The summed E-state index contributed by atoms with van der Waals surface area (Å²) >= 11 is 0. The first-order chi connectivity index (χ1) is 12.2. The largest absolute Gasteiger partial charge is 0.377 e. The van der Waals surface area contributed by atoms with Crippen LogP contribution in [0.5, 0.6) is 0 Å². The number of benzene rings is 1. The minimum atomic E-state index is -0.312. The highest BCUT2D eigenvalue weighted by Crippen LogP contribution is 2.26. The topological polar surface area (TPSA) is 55.3 Å². The molecule has 25 heavy (non-hydrogen) atoms. The summed E-state index contributed by atoms with van der Waals surface area (Å²) in [6.07, 6.45) is 3.89. The van der Waals surface area contributed by atoms with Gasteiger partial charge < -0.3 is 9.64 Å². The number of ether oxygens (including phenoxy) is 1. The van der Waals surface area contributed by atoms with Crippen LogP contribution in [0.4, 0.5) is 4.39 Å². The summed E-state index contributed by atoms with van der Waals surface area (Å²) in [6.45, 7) is 1.75. The van der Waals surface area contributed by atoms with Crippen LogP contribution in [0.3, 0.4) is 0 Å². The zero-order chi connectivity index (χ0) is 17.6. The molecule has 0 radical (unpaired) electrons. The molecule has 1 fully saturated rings. The van der Waals surface area contributed by atoms with Crippen LogP contribution in [-0.4, -0.2) is 41.0 Å². The number of aromatic nitrogens is 2. The summed E-state index contributed by atoms with van der Waals surface area (Å²) in [7, 11) is 1.61. The number of amides is 1. The Morgan fingerprint density at radius 1 is 1.40 bits per heavy atom. The van der Waals surface area contributed by atoms with Gasteiger partial charge in [0.25, 0.3) is 0 Å². The Morgan fingerprint density at radius 2 is 2.28 bits per heavy atom. The van der Waals surface area contributed by atoms with E-state index in [1.54, 1.807) is 25.4 Å². The van der Waals surface area contributed by atoms with Crippen LogP contribution < -0.4 is 0 Å². The quantitative estimate of drug-likeness (QED) is 0.838. The van der Waals surface area contributed by atoms with Gasteiger partial charge >= 0.3 is 0 Å². The maximum Gasteiger partial charge on any atom is 0.227 e. The molecule has 0 aliphatic carbocycles. The minimum absolute atomic E-state index is 0.0291. The van der Waals surface area contributed by atoms with E-state index in [9.17, 15) is 9.18 Å². The summed E-state index contributed by atoms with van der Waals surface area (Å²) in [5.74, 6) is 0.571. The maximum absolute atomic E-state index is 13.3. The number of carbonyl (C=O) groups excluding carboxylic acids is 1. The van der Waals surface area contributed by atoms with Crippen molar-refractivity contribution in [2.24, 2.45) is 0 Å². The lowest BCUT2D eigenvalue weighted by Crippen LogP contribution is -2.40. The number of hydrogen-bond donors (Lipinski definition) is 0. The highest BCUT2D eigenvalue weighted by Gasteiger charge is 2.25. The van der Waals surface area contributed by atoms with Crippen molar-refractivity contribution in [2.75, 3.05) is 20.2 Å². The van der Waals surface area contributed by atoms with Gasteiger partial charge in [-0.15, -0.1) is 0 Å². The van der Waals surface area contributed by atoms with E-state index in [1.165, 1.54) is 12.1 Å². The van der Waals surface area contributed by atoms with E-state index in [-0.39, 0.29) is 24.1 Å². The Balaban J connectivity index is 1.66. The van der Waals surface area contributed by atoms with E-state index in [0.29, 0.717) is 24.5 Å². The number of likely N-dealkylation sites (tertiary alicyclic amines) is 1. The summed E-state index contributed by atoms with van der Waals surface area (Å²) in [4.78, 5) is 23.2. The molecule has 2 heterocycles. The van der Waals surface area contributed by atoms with Gasteiger partial charge in [0.05, 0.1) is 6.42 Å². The average Bonchev–Trinajstić information content (AvgIpc) is 2.62. The number of rotatable bonds is 5. The lowest BCUT2D eigenvalue weighted by molar-refractivity contribution is -0.131. The fourth-order valence-corrected chi connectivity index (χ4v) is 3.22. The zero-order valence-electron chi connectivity index (χ0n) is 14.3. The van der Waals surface area contributed by atoms with Gasteiger partial charge in [-0.05, 0) is 36.6 Å². The summed E-state index contributed by atoms with van der Waals surface area (Å²) in [6, 6.07) is 8.13. The smallest absolute Gasteiger partial charge is 0.227 e. The van der Waals surface area contributed by atoms with Gasteiger partial charge in [-0.25, -0.2) is 14.4 Å². The van der Waals surface area contributed by atoms with Crippen molar-refractivity contribution < 1.29 is 13.9 Å². The third kappa shape index (κ3) is 4.60. The van der Waals surface area contributed by atoms with Crippen molar-refractivity contribution in [3.05, 3.63) is 59.4 Å². The van der Waals surface area contributed by atoms with Crippen molar-refractivity contribution in [2.45, 2.75) is 31.8 Å². The molecule has 0 saturated carbocycles. The second kappa shape index (κ2) is 8.16. The number of halogens is 1. The first-order valence-electron chi connectivity index (χ1n) is 8.48. The molecule has 0 unspecified atom stereocenters. The van der Waals surface area contributed by atoms with E-state index in [4.69, 9.17) is 4.74 Å². The lowest BCUT2D eigenvalue weighted by Gasteiger charge is -2.32. The van der Waals surface area contributed by atoms with E-state index in [2.05, 4.69) is 9.97 Å². The summed E-state index contributed by atoms with van der Waals surface area (Å²) in [5.41, 5.74) is 1.65. The Bertz CT molecular complexity index is 738. The van der Waals surface area contributed by atoms with Gasteiger partial charge in [0, 0.05) is 38.0 Å². The second-order valence-corrected chi connectivity index (χ2v) is 6.32. The molecule has 1 amide bonds. The Kier molecular flexibility index (Phi) is 5.71. The molecule has 0 bridgehead atoms. The van der Waals surface area contributed by atoms with Gasteiger partial charge in [-0.1, -0.05) is 12.1 Å².